The maximum absolute atomic E-state index is 9.15. The smallest absolute Gasteiger partial charge is 0.203 e. The zero-order valence-electron chi connectivity index (χ0n) is 9.24. The van der Waals surface area contributed by atoms with Gasteiger partial charge < -0.3 is 19.3 Å². The van der Waals surface area contributed by atoms with E-state index in [2.05, 4.69) is 0 Å². The highest BCUT2D eigenvalue weighted by molar-refractivity contribution is 5.55. The molecule has 0 saturated carbocycles. The van der Waals surface area contributed by atoms with Crippen molar-refractivity contribution in [3.8, 4) is 17.2 Å². The molecule has 0 atom stereocenters. The molecule has 0 spiro atoms. The van der Waals surface area contributed by atoms with Gasteiger partial charge in [0, 0.05) is 5.56 Å². The lowest BCUT2D eigenvalue weighted by Crippen LogP contribution is -2.01. The summed E-state index contributed by atoms with van der Waals surface area (Å²) in [6, 6.07) is 3.50. The zero-order valence-corrected chi connectivity index (χ0v) is 9.24. The van der Waals surface area contributed by atoms with Gasteiger partial charge in [0.1, 0.15) is 0 Å². The molecule has 84 valence electrons. The molecule has 4 heteroatoms. The molecule has 0 aliphatic rings. The van der Waals surface area contributed by atoms with Crippen LogP contribution in [0.15, 0.2) is 12.1 Å². The molecule has 0 bridgehead atoms. The summed E-state index contributed by atoms with van der Waals surface area (Å²) in [6.07, 6.45) is 0. The number of hydrogen-bond donors (Lipinski definition) is 1. The Kier molecular flexibility index (Phi) is 4.24. The van der Waals surface area contributed by atoms with Crippen molar-refractivity contribution in [2.75, 3.05) is 20.8 Å². The highest BCUT2D eigenvalue weighted by atomic mass is 16.5. The number of ether oxygens (including phenoxy) is 3. The van der Waals surface area contributed by atoms with Gasteiger partial charge in [0.05, 0.1) is 27.4 Å². The molecule has 4 nitrogen and oxygen atoms in total. The van der Waals surface area contributed by atoms with Gasteiger partial charge in [-0.2, -0.15) is 0 Å². The van der Waals surface area contributed by atoms with E-state index in [9.17, 15) is 0 Å². The molecule has 1 aromatic carbocycles. The predicted molar refractivity (Wildman–Crippen MR) is 56.6 cm³/mol. The second-order valence-corrected chi connectivity index (χ2v) is 2.88. The van der Waals surface area contributed by atoms with Gasteiger partial charge in [0.2, 0.25) is 5.75 Å². The summed E-state index contributed by atoms with van der Waals surface area (Å²) in [5, 5.41) is 9.15. The fraction of sp³-hybridized carbons (Fsp3) is 0.455. The molecular formula is C11H16O4. The number of rotatable bonds is 5. The van der Waals surface area contributed by atoms with E-state index < -0.39 is 0 Å². The quantitative estimate of drug-likeness (QED) is 0.805. The first kappa shape index (κ1) is 11.7. The normalized spacial score (nSPS) is 9.87. The minimum Gasteiger partial charge on any atom is -0.493 e. The van der Waals surface area contributed by atoms with Crippen LogP contribution in [0.5, 0.6) is 17.2 Å². The van der Waals surface area contributed by atoms with Gasteiger partial charge in [0.25, 0.3) is 0 Å². The summed E-state index contributed by atoms with van der Waals surface area (Å²) in [5.41, 5.74) is 0.689. The van der Waals surface area contributed by atoms with E-state index in [-0.39, 0.29) is 6.61 Å². The first-order valence-electron chi connectivity index (χ1n) is 4.76. The Labute approximate surface area is 89.4 Å². The second kappa shape index (κ2) is 5.46. The standard InChI is InChI=1S/C11H16O4/c1-4-15-10-8(7-12)5-6-9(13-2)11(10)14-3/h5-6,12H,4,7H2,1-3H3. The van der Waals surface area contributed by atoms with Gasteiger partial charge in [-0.05, 0) is 19.1 Å². The van der Waals surface area contributed by atoms with Crippen LogP contribution < -0.4 is 14.2 Å². The molecule has 15 heavy (non-hydrogen) atoms. The van der Waals surface area contributed by atoms with Crippen LogP contribution in [0.3, 0.4) is 0 Å². The molecule has 0 aromatic heterocycles. The maximum atomic E-state index is 9.15. The third-order valence-electron chi connectivity index (χ3n) is 2.04. The van der Waals surface area contributed by atoms with Crippen molar-refractivity contribution in [2.24, 2.45) is 0 Å². The van der Waals surface area contributed by atoms with Crippen LogP contribution in [-0.2, 0) is 6.61 Å². The monoisotopic (exact) mass is 212 g/mol. The summed E-state index contributed by atoms with van der Waals surface area (Å²) in [4.78, 5) is 0. The van der Waals surface area contributed by atoms with Gasteiger partial charge in [-0.25, -0.2) is 0 Å². The van der Waals surface area contributed by atoms with Gasteiger partial charge in [-0.15, -0.1) is 0 Å². The molecule has 0 radical (unpaired) electrons. The predicted octanol–water partition coefficient (Wildman–Crippen LogP) is 1.59. The molecule has 1 N–H and O–H groups in total. The van der Waals surface area contributed by atoms with Crippen molar-refractivity contribution in [3.63, 3.8) is 0 Å². The van der Waals surface area contributed by atoms with Crippen LogP contribution in [0.25, 0.3) is 0 Å². The van der Waals surface area contributed by atoms with Gasteiger partial charge in [0.15, 0.2) is 11.5 Å². The van der Waals surface area contributed by atoms with E-state index in [1.165, 1.54) is 0 Å². The van der Waals surface area contributed by atoms with Crippen LogP contribution in [0.2, 0.25) is 0 Å². The Morgan fingerprint density at radius 1 is 1.13 bits per heavy atom. The average molecular weight is 212 g/mol. The summed E-state index contributed by atoms with van der Waals surface area (Å²) >= 11 is 0. The number of benzene rings is 1. The lowest BCUT2D eigenvalue weighted by molar-refractivity contribution is 0.256. The van der Waals surface area contributed by atoms with Crippen LogP contribution in [-0.4, -0.2) is 25.9 Å². The van der Waals surface area contributed by atoms with Crippen LogP contribution in [0, 0.1) is 0 Å². The van der Waals surface area contributed by atoms with Crippen molar-refractivity contribution >= 4 is 0 Å². The van der Waals surface area contributed by atoms with Crippen molar-refractivity contribution in [3.05, 3.63) is 17.7 Å². The Hall–Kier alpha value is -1.42. The van der Waals surface area contributed by atoms with E-state index in [1.807, 2.05) is 6.92 Å². The van der Waals surface area contributed by atoms with Gasteiger partial charge in [-0.1, -0.05) is 0 Å². The Bertz CT molecular complexity index is 323. The lowest BCUT2D eigenvalue weighted by Gasteiger charge is -2.15. The largest absolute Gasteiger partial charge is 0.493 e. The number of aliphatic hydroxyl groups excluding tert-OH is 1. The first-order valence-corrected chi connectivity index (χ1v) is 4.76. The average Bonchev–Trinajstić information content (AvgIpc) is 2.28. The maximum Gasteiger partial charge on any atom is 0.203 e. The molecule has 0 aliphatic carbocycles. The summed E-state index contributed by atoms with van der Waals surface area (Å²) in [7, 11) is 3.10. The molecule has 0 unspecified atom stereocenters. The number of hydrogen-bond acceptors (Lipinski definition) is 4. The van der Waals surface area contributed by atoms with E-state index in [0.29, 0.717) is 29.4 Å². The van der Waals surface area contributed by atoms with Crippen LogP contribution in [0.1, 0.15) is 12.5 Å². The number of aliphatic hydroxyl groups is 1. The summed E-state index contributed by atoms with van der Waals surface area (Å²) in [6.45, 7) is 2.30. The molecule has 0 heterocycles. The SMILES string of the molecule is CCOc1c(CO)ccc(OC)c1OC. The first-order chi connectivity index (χ1) is 7.28. The van der Waals surface area contributed by atoms with Crippen molar-refractivity contribution < 1.29 is 19.3 Å². The number of methoxy groups -OCH3 is 2. The topological polar surface area (TPSA) is 47.9 Å². The molecule has 1 aromatic rings. The minimum atomic E-state index is -0.0876. The molecule has 0 amide bonds. The van der Waals surface area contributed by atoms with E-state index in [4.69, 9.17) is 19.3 Å². The van der Waals surface area contributed by atoms with E-state index >= 15 is 0 Å². The summed E-state index contributed by atoms with van der Waals surface area (Å²) in [5.74, 6) is 1.66. The van der Waals surface area contributed by atoms with Gasteiger partial charge in [-0.3, -0.25) is 0 Å². The Balaban J connectivity index is 3.24. The summed E-state index contributed by atoms with van der Waals surface area (Å²) < 4.78 is 15.8. The van der Waals surface area contributed by atoms with Crippen molar-refractivity contribution in [2.45, 2.75) is 13.5 Å². The molecule has 1 rings (SSSR count). The Morgan fingerprint density at radius 2 is 1.87 bits per heavy atom. The minimum absolute atomic E-state index is 0.0876. The highest BCUT2D eigenvalue weighted by Crippen LogP contribution is 2.39. The third kappa shape index (κ3) is 2.33. The van der Waals surface area contributed by atoms with E-state index in [1.54, 1.807) is 26.4 Å². The Morgan fingerprint density at radius 3 is 2.33 bits per heavy atom. The highest BCUT2D eigenvalue weighted by Gasteiger charge is 2.15. The zero-order chi connectivity index (χ0) is 11.3. The molecule has 0 aliphatic heterocycles. The van der Waals surface area contributed by atoms with Crippen LogP contribution in [0.4, 0.5) is 0 Å². The second-order valence-electron chi connectivity index (χ2n) is 2.88. The molecule has 0 fully saturated rings. The lowest BCUT2D eigenvalue weighted by atomic mass is 10.2. The van der Waals surface area contributed by atoms with Gasteiger partial charge >= 0.3 is 0 Å². The molecular weight excluding hydrogens is 196 g/mol. The van der Waals surface area contributed by atoms with E-state index in [0.717, 1.165) is 0 Å². The molecule has 0 saturated heterocycles. The van der Waals surface area contributed by atoms with Crippen molar-refractivity contribution in [1.29, 1.82) is 0 Å². The fourth-order valence-electron chi connectivity index (χ4n) is 1.37. The van der Waals surface area contributed by atoms with Crippen molar-refractivity contribution in [1.82, 2.24) is 0 Å². The van der Waals surface area contributed by atoms with Crippen LogP contribution >= 0.6 is 0 Å². The fourth-order valence-corrected chi connectivity index (χ4v) is 1.37. The third-order valence-corrected chi connectivity index (χ3v) is 2.04.